The van der Waals surface area contributed by atoms with Crippen molar-refractivity contribution in [2.24, 2.45) is 0 Å². The van der Waals surface area contributed by atoms with Gasteiger partial charge in [-0.2, -0.15) is 0 Å². The van der Waals surface area contributed by atoms with E-state index in [4.69, 9.17) is 0 Å². The summed E-state index contributed by atoms with van der Waals surface area (Å²) < 4.78 is 2.25. The largest absolute Gasteiger partial charge is 0.309 e. The molecule has 0 saturated carbocycles. The lowest BCUT2D eigenvalue weighted by atomic mass is 10.0. The van der Waals surface area contributed by atoms with Gasteiger partial charge in [0.05, 0.1) is 28.0 Å². The van der Waals surface area contributed by atoms with Gasteiger partial charge in [-0.15, -0.1) is 0 Å². The van der Waals surface area contributed by atoms with Crippen LogP contribution >= 0.6 is 0 Å². The van der Waals surface area contributed by atoms with Crippen LogP contribution in [-0.4, -0.2) is 16.3 Å². The molecular formula is C38H24N2O2. The van der Waals surface area contributed by atoms with Gasteiger partial charge in [0, 0.05) is 16.5 Å². The van der Waals surface area contributed by atoms with E-state index in [0.29, 0.717) is 16.9 Å². The second-order valence-corrected chi connectivity index (χ2v) is 10.5. The molecule has 4 heteroatoms. The molecule has 0 fully saturated rings. The Bertz CT molecular complexity index is 2160. The van der Waals surface area contributed by atoms with Gasteiger partial charge >= 0.3 is 5.91 Å². The smallest absolute Gasteiger partial charge is 0.304 e. The first kappa shape index (κ1) is 24.1. The Labute approximate surface area is 242 Å². The Morgan fingerprint density at radius 2 is 0.976 bits per heavy atom. The normalized spacial score (nSPS) is 12.8. The van der Waals surface area contributed by atoms with Crippen molar-refractivity contribution in [3.63, 3.8) is 0 Å². The van der Waals surface area contributed by atoms with Crippen molar-refractivity contribution in [3.05, 3.63) is 151 Å². The third kappa shape index (κ3) is 3.70. The van der Waals surface area contributed by atoms with Crippen LogP contribution in [-0.2, 0) is 4.79 Å². The first-order valence-electron chi connectivity index (χ1n) is 13.9. The lowest BCUT2D eigenvalue weighted by Gasteiger charge is -2.17. The third-order valence-corrected chi connectivity index (χ3v) is 8.11. The number of carbonyl (C=O) groups excluding carboxylic acids is 2. The summed E-state index contributed by atoms with van der Waals surface area (Å²) in [6, 6.07) is 48.7. The molecule has 6 aromatic carbocycles. The molecule has 1 amide bonds. The highest BCUT2D eigenvalue weighted by molar-refractivity contribution is 6.53. The number of aromatic nitrogens is 1. The number of benzene rings is 6. The van der Waals surface area contributed by atoms with Gasteiger partial charge in [0.1, 0.15) is 0 Å². The molecule has 0 N–H and O–H groups in total. The van der Waals surface area contributed by atoms with E-state index in [1.165, 1.54) is 0 Å². The fourth-order valence-corrected chi connectivity index (χ4v) is 6.12. The maximum absolute atomic E-state index is 13.4. The monoisotopic (exact) mass is 540 g/mol. The van der Waals surface area contributed by atoms with Crippen LogP contribution in [0.2, 0.25) is 0 Å². The van der Waals surface area contributed by atoms with Crippen molar-refractivity contribution >= 4 is 44.9 Å². The molecule has 0 saturated heterocycles. The van der Waals surface area contributed by atoms with Crippen molar-refractivity contribution in [2.45, 2.75) is 0 Å². The van der Waals surface area contributed by atoms with Gasteiger partial charge < -0.3 is 4.57 Å². The van der Waals surface area contributed by atoms with Crippen LogP contribution < -0.4 is 4.90 Å². The van der Waals surface area contributed by atoms with E-state index in [0.717, 1.165) is 49.7 Å². The highest BCUT2D eigenvalue weighted by Gasteiger charge is 2.37. The molecule has 0 atom stereocenters. The molecule has 0 radical (unpaired) electrons. The molecule has 0 unspecified atom stereocenters. The van der Waals surface area contributed by atoms with Gasteiger partial charge in [-0.05, 0) is 76.9 Å². The van der Waals surface area contributed by atoms with Crippen molar-refractivity contribution in [1.29, 1.82) is 0 Å². The standard InChI is InChI=1S/C38H24N2O2/c41-37-33-23-28(26-12-6-2-7-13-26)17-20-36(33)40(38(37)42)30-18-21-35-32(24-30)31-22-27(25-10-4-1-5-11-25)16-19-34(31)39(35)29-14-8-3-9-15-29/h1-24H. The summed E-state index contributed by atoms with van der Waals surface area (Å²) in [5.41, 5.74) is 9.04. The molecule has 0 bridgehead atoms. The van der Waals surface area contributed by atoms with Crippen LogP contribution in [0.3, 0.4) is 0 Å². The minimum atomic E-state index is -0.536. The predicted molar refractivity (Wildman–Crippen MR) is 170 cm³/mol. The lowest BCUT2D eigenvalue weighted by Crippen LogP contribution is -2.24. The van der Waals surface area contributed by atoms with Crippen LogP contribution in [0, 0.1) is 0 Å². The lowest BCUT2D eigenvalue weighted by molar-refractivity contribution is -0.113. The van der Waals surface area contributed by atoms with Crippen molar-refractivity contribution < 1.29 is 9.59 Å². The average Bonchev–Trinajstić information content (AvgIpc) is 3.51. The zero-order valence-corrected chi connectivity index (χ0v) is 22.6. The Balaban J connectivity index is 1.32. The second kappa shape index (κ2) is 9.43. The van der Waals surface area contributed by atoms with E-state index >= 15 is 0 Å². The molecule has 7 aromatic rings. The summed E-state index contributed by atoms with van der Waals surface area (Å²) in [5.74, 6) is -1.02. The SMILES string of the molecule is O=C1C(=O)N(c2ccc3c(c2)c2cc(-c4ccccc4)ccc2n3-c2ccccc2)c2ccc(-c3ccccc3)cc21. The van der Waals surface area contributed by atoms with Gasteiger partial charge in [0.15, 0.2) is 0 Å². The van der Waals surface area contributed by atoms with Crippen LogP contribution in [0.4, 0.5) is 11.4 Å². The van der Waals surface area contributed by atoms with Crippen LogP contribution in [0.1, 0.15) is 10.4 Å². The first-order chi connectivity index (χ1) is 20.7. The summed E-state index contributed by atoms with van der Waals surface area (Å²) in [7, 11) is 0. The van der Waals surface area contributed by atoms with E-state index in [-0.39, 0.29) is 0 Å². The number of para-hydroxylation sites is 1. The van der Waals surface area contributed by atoms with Crippen LogP contribution in [0.5, 0.6) is 0 Å². The minimum absolute atomic E-state index is 0.430. The average molecular weight is 541 g/mol. The second-order valence-electron chi connectivity index (χ2n) is 10.5. The number of rotatable bonds is 4. The molecule has 198 valence electrons. The number of hydrogen-bond donors (Lipinski definition) is 0. The van der Waals surface area contributed by atoms with Gasteiger partial charge in [-0.1, -0.05) is 91.0 Å². The van der Waals surface area contributed by atoms with E-state index < -0.39 is 11.7 Å². The molecule has 1 aromatic heterocycles. The maximum atomic E-state index is 13.4. The Morgan fingerprint density at radius 3 is 1.64 bits per heavy atom. The molecule has 1 aliphatic heterocycles. The number of hydrogen-bond acceptors (Lipinski definition) is 2. The predicted octanol–water partition coefficient (Wildman–Crippen LogP) is 8.98. The topological polar surface area (TPSA) is 42.3 Å². The van der Waals surface area contributed by atoms with Crippen molar-refractivity contribution in [3.8, 4) is 27.9 Å². The summed E-state index contributed by atoms with van der Waals surface area (Å²) in [6.07, 6.45) is 0. The molecule has 42 heavy (non-hydrogen) atoms. The summed E-state index contributed by atoms with van der Waals surface area (Å²) >= 11 is 0. The Kier molecular flexibility index (Phi) is 5.41. The maximum Gasteiger partial charge on any atom is 0.304 e. The summed E-state index contributed by atoms with van der Waals surface area (Å²) in [4.78, 5) is 28.2. The van der Waals surface area contributed by atoms with Gasteiger partial charge in [-0.3, -0.25) is 14.5 Å². The number of anilines is 2. The quantitative estimate of drug-likeness (QED) is 0.209. The highest BCUT2D eigenvalue weighted by Crippen LogP contribution is 2.41. The number of fused-ring (bicyclic) bond motifs is 4. The molecule has 0 aliphatic carbocycles. The number of carbonyl (C=O) groups is 2. The van der Waals surface area contributed by atoms with E-state index in [2.05, 4.69) is 47.0 Å². The molecular weight excluding hydrogens is 516 g/mol. The molecule has 0 spiro atoms. The van der Waals surface area contributed by atoms with E-state index in [9.17, 15) is 9.59 Å². The van der Waals surface area contributed by atoms with Crippen LogP contribution in [0.25, 0.3) is 49.7 Å². The first-order valence-corrected chi connectivity index (χ1v) is 13.9. The van der Waals surface area contributed by atoms with E-state index in [1.807, 2.05) is 103 Å². The summed E-state index contributed by atoms with van der Waals surface area (Å²) in [6.45, 7) is 0. The van der Waals surface area contributed by atoms with E-state index in [1.54, 1.807) is 4.90 Å². The Morgan fingerprint density at radius 1 is 0.429 bits per heavy atom. The zero-order valence-electron chi connectivity index (χ0n) is 22.6. The molecule has 2 heterocycles. The number of ketones is 1. The van der Waals surface area contributed by atoms with Crippen molar-refractivity contribution in [2.75, 3.05) is 4.90 Å². The number of Topliss-reactive ketones (excluding diaryl/α,β-unsaturated/α-hetero) is 1. The number of amides is 1. The highest BCUT2D eigenvalue weighted by atomic mass is 16.2. The fourth-order valence-electron chi connectivity index (χ4n) is 6.12. The molecule has 8 rings (SSSR count). The number of nitrogens with zero attached hydrogens (tertiary/aromatic N) is 2. The third-order valence-electron chi connectivity index (χ3n) is 8.11. The van der Waals surface area contributed by atoms with Crippen molar-refractivity contribution in [1.82, 2.24) is 4.57 Å². The minimum Gasteiger partial charge on any atom is -0.309 e. The van der Waals surface area contributed by atoms with Crippen LogP contribution in [0.15, 0.2) is 146 Å². The van der Waals surface area contributed by atoms with Gasteiger partial charge in [0.2, 0.25) is 0 Å². The zero-order chi connectivity index (χ0) is 28.2. The molecule has 4 nitrogen and oxygen atoms in total. The summed E-state index contributed by atoms with van der Waals surface area (Å²) in [5, 5.41) is 2.09. The fraction of sp³-hybridized carbons (Fsp3) is 0. The van der Waals surface area contributed by atoms with Gasteiger partial charge in [-0.25, -0.2) is 0 Å². The van der Waals surface area contributed by atoms with Gasteiger partial charge in [0.25, 0.3) is 5.78 Å². The Hall–Kier alpha value is -5.74. The molecule has 1 aliphatic rings.